The maximum atomic E-state index is 6.59. The second kappa shape index (κ2) is 15.0. The number of hydrogen-bond donors (Lipinski definition) is 0. The van der Waals surface area contributed by atoms with Gasteiger partial charge in [0.25, 0.3) is 0 Å². The first-order valence-electron chi connectivity index (χ1n) is 13.5. The quantitative estimate of drug-likeness (QED) is 0.123. The van der Waals surface area contributed by atoms with E-state index in [0.717, 1.165) is 23.2 Å². The molecule has 0 bridgehead atoms. The molecule has 0 spiro atoms. The van der Waals surface area contributed by atoms with Gasteiger partial charge in [-0.1, -0.05) is 113 Å². The summed E-state index contributed by atoms with van der Waals surface area (Å²) in [5.41, 5.74) is 3.55. The third kappa shape index (κ3) is 11.1. The van der Waals surface area contributed by atoms with Crippen molar-refractivity contribution >= 4 is 35.9 Å². The fraction of sp³-hybridized carbons (Fsp3) is 0.548. The van der Waals surface area contributed by atoms with Gasteiger partial charge in [0.1, 0.15) is 5.75 Å². The molecule has 0 saturated carbocycles. The lowest BCUT2D eigenvalue weighted by atomic mass is 10.0. The van der Waals surface area contributed by atoms with Crippen molar-refractivity contribution in [3.8, 4) is 5.75 Å². The largest absolute Gasteiger partial charge is 0.494 e. The number of rotatable bonds is 15. The van der Waals surface area contributed by atoms with Crippen LogP contribution in [-0.4, -0.2) is 21.5 Å². The van der Waals surface area contributed by atoms with Crippen LogP contribution in [0.3, 0.4) is 0 Å². The van der Waals surface area contributed by atoms with Crippen molar-refractivity contribution in [1.29, 1.82) is 0 Å². The van der Waals surface area contributed by atoms with E-state index in [0.29, 0.717) is 6.61 Å². The maximum Gasteiger partial charge on any atom is 0.192 e. The Morgan fingerprint density at radius 3 is 2.11 bits per heavy atom. The Balaban J connectivity index is 1.96. The summed E-state index contributed by atoms with van der Waals surface area (Å²) in [6, 6.07) is 16.9. The van der Waals surface area contributed by atoms with Crippen molar-refractivity contribution in [2.75, 3.05) is 13.2 Å². The van der Waals surface area contributed by atoms with Gasteiger partial charge in [0, 0.05) is 4.47 Å². The first kappa shape index (κ1) is 29.9. The van der Waals surface area contributed by atoms with E-state index in [2.05, 4.69) is 111 Å². The van der Waals surface area contributed by atoms with Crippen LogP contribution in [0.25, 0.3) is 11.6 Å². The molecule has 2 aromatic rings. The van der Waals surface area contributed by atoms with Gasteiger partial charge in [0.05, 0.1) is 13.2 Å². The van der Waals surface area contributed by atoms with Gasteiger partial charge in [-0.05, 0) is 71.6 Å². The van der Waals surface area contributed by atoms with Gasteiger partial charge in [-0.2, -0.15) is 0 Å². The zero-order valence-corrected chi connectivity index (χ0v) is 25.5. The fourth-order valence-corrected chi connectivity index (χ4v) is 5.01. The Labute approximate surface area is 224 Å². The standard InChI is InChI=1S/C31H47BrO2Si/c1-7-8-9-10-11-12-13-14-22-33-30-20-18-26(19-21-30)23-28(27-16-15-17-29(32)24-27)25-34-35(5,6)31(2,3)4/h15-21,23-24H,7-14,22,25H2,1-6H3/b28-23+. The second-order valence-electron chi connectivity index (χ2n) is 11.1. The van der Waals surface area contributed by atoms with E-state index >= 15 is 0 Å². The third-order valence-electron chi connectivity index (χ3n) is 7.08. The summed E-state index contributed by atoms with van der Waals surface area (Å²) in [6.45, 7) is 15.2. The zero-order valence-electron chi connectivity index (χ0n) is 23.0. The normalized spacial score (nSPS) is 12.7. The van der Waals surface area contributed by atoms with Crippen LogP contribution in [0, 0.1) is 0 Å². The molecule has 0 heterocycles. The third-order valence-corrected chi connectivity index (χ3v) is 12.0. The Kier molecular flexibility index (Phi) is 12.8. The van der Waals surface area contributed by atoms with Crippen LogP contribution in [0.4, 0.5) is 0 Å². The summed E-state index contributed by atoms with van der Waals surface area (Å²) >= 11 is 3.63. The summed E-state index contributed by atoms with van der Waals surface area (Å²) in [5, 5.41) is 0.184. The molecule has 2 rings (SSSR count). The Morgan fingerprint density at radius 2 is 1.51 bits per heavy atom. The highest BCUT2D eigenvalue weighted by Crippen LogP contribution is 2.37. The SMILES string of the molecule is CCCCCCCCCCOc1ccc(/C=C(\CO[Si](C)(C)C(C)(C)C)c2cccc(Br)c2)cc1. The van der Waals surface area contributed by atoms with Crippen molar-refractivity contribution in [2.45, 2.75) is 97.2 Å². The molecular weight excluding hydrogens is 512 g/mol. The van der Waals surface area contributed by atoms with Gasteiger partial charge in [0.2, 0.25) is 0 Å². The van der Waals surface area contributed by atoms with Crippen LogP contribution in [0.15, 0.2) is 53.0 Å². The van der Waals surface area contributed by atoms with E-state index < -0.39 is 8.32 Å². The highest BCUT2D eigenvalue weighted by Gasteiger charge is 2.37. The fourth-order valence-electron chi connectivity index (χ4n) is 3.66. The van der Waals surface area contributed by atoms with Gasteiger partial charge < -0.3 is 9.16 Å². The average Bonchev–Trinajstić information content (AvgIpc) is 2.81. The highest BCUT2D eigenvalue weighted by atomic mass is 79.9. The van der Waals surface area contributed by atoms with Gasteiger partial charge in [-0.3, -0.25) is 0 Å². The maximum absolute atomic E-state index is 6.59. The van der Waals surface area contributed by atoms with Gasteiger partial charge in [-0.15, -0.1) is 0 Å². The Hall–Kier alpha value is -1.36. The molecule has 0 atom stereocenters. The molecule has 0 saturated heterocycles. The molecule has 0 N–H and O–H groups in total. The lowest BCUT2D eigenvalue weighted by molar-refractivity contribution is 0.304. The molecule has 4 heteroatoms. The number of halogens is 1. The van der Waals surface area contributed by atoms with Crippen LogP contribution in [0.1, 0.15) is 90.2 Å². The summed E-state index contributed by atoms with van der Waals surface area (Å²) in [5.74, 6) is 0.951. The van der Waals surface area contributed by atoms with E-state index in [9.17, 15) is 0 Å². The predicted octanol–water partition coefficient (Wildman–Crippen LogP) is 10.5. The molecule has 2 aromatic carbocycles. The zero-order chi connectivity index (χ0) is 25.7. The van der Waals surface area contributed by atoms with Crippen molar-refractivity contribution in [2.24, 2.45) is 0 Å². The molecule has 194 valence electrons. The average molecular weight is 560 g/mol. The van der Waals surface area contributed by atoms with Crippen LogP contribution < -0.4 is 4.74 Å². The second-order valence-corrected chi connectivity index (χ2v) is 16.8. The van der Waals surface area contributed by atoms with Gasteiger partial charge in [-0.25, -0.2) is 0 Å². The van der Waals surface area contributed by atoms with E-state index in [1.54, 1.807) is 0 Å². The number of ether oxygens (including phenoxy) is 1. The minimum Gasteiger partial charge on any atom is -0.494 e. The first-order chi connectivity index (χ1) is 16.6. The van der Waals surface area contributed by atoms with Crippen LogP contribution >= 0.6 is 15.9 Å². The molecule has 0 radical (unpaired) electrons. The topological polar surface area (TPSA) is 18.5 Å². The summed E-state index contributed by atoms with van der Waals surface area (Å²) in [7, 11) is -1.85. The van der Waals surface area contributed by atoms with Crippen LogP contribution in [0.2, 0.25) is 18.1 Å². The van der Waals surface area contributed by atoms with Crippen molar-refractivity contribution in [3.05, 3.63) is 64.1 Å². The summed E-state index contributed by atoms with van der Waals surface area (Å²) < 4.78 is 13.7. The number of benzene rings is 2. The highest BCUT2D eigenvalue weighted by molar-refractivity contribution is 9.10. The molecule has 0 aliphatic rings. The lowest BCUT2D eigenvalue weighted by Crippen LogP contribution is -2.41. The predicted molar refractivity (Wildman–Crippen MR) is 160 cm³/mol. The van der Waals surface area contributed by atoms with Crippen molar-refractivity contribution < 1.29 is 9.16 Å². The van der Waals surface area contributed by atoms with Crippen LogP contribution in [0.5, 0.6) is 5.75 Å². The van der Waals surface area contributed by atoms with E-state index in [4.69, 9.17) is 9.16 Å². The molecule has 0 amide bonds. The van der Waals surface area contributed by atoms with E-state index in [-0.39, 0.29) is 5.04 Å². The smallest absolute Gasteiger partial charge is 0.192 e. The minimum absolute atomic E-state index is 0.184. The Morgan fingerprint density at radius 1 is 0.886 bits per heavy atom. The molecule has 0 aromatic heterocycles. The molecule has 0 aliphatic carbocycles. The van der Waals surface area contributed by atoms with Crippen LogP contribution in [-0.2, 0) is 4.43 Å². The summed E-state index contributed by atoms with van der Waals surface area (Å²) in [6.07, 6.45) is 12.8. The number of unbranched alkanes of at least 4 members (excludes halogenated alkanes) is 7. The van der Waals surface area contributed by atoms with Crippen molar-refractivity contribution in [3.63, 3.8) is 0 Å². The van der Waals surface area contributed by atoms with E-state index in [1.807, 2.05) is 0 Å². The van der Waals surface area contributed by atoms with Crippen molar-refractivity contribution in [1.82, 2.24) is 0 Å². The molecule has 0 unspecified atom stereocenters. The summed E-state index contributed by atoms with van der Waals surface area (Å²) in [4.78, 5) is 0. The first-order valence-corrected chi connectivity index (χ1v) is 17.2. The monoisotopic (exact) mass is 558 g/mol. The molecule has 35 heavy (non-hydrogen) atoms. The minimum atomic E-state index is -1.85. The van der Waals surface area contributed by atoms with Gasteiger partial charge >= 0.3 is 0 Å². The van der Waals surface area contributed by atoms with Gasteiger partial charge in [0.15, 0.2) is 8.32 Å². The molecule has 0 aliphatic heterocycles. The molecule has 0 fully saturated rings. The molecular formula is C31H47BrO2Si. The molecule has 2 nitrogen and oxygen atoms in total. The number of hydrogen-bond acceptors (Lipinski definition) is 2. The lowest BCUT2D eigenvalue weighted by Gasteiger charge is -2.36. The van der Waals surface area contributed by atoms with E-state index in [1.165, 1.54) is 61.6 Å². The Bertz CT molecular complexity index is 897.